The number of rotatable bonds is 12. The van der Waals surface area contributed by atoms with Crippen LogP contribution in [0.2, 0.25) is 0 Å². The Labute approximate surface area is 175 Å². The molecule has 0 aromatic rings. The highest BCUT2D eigenvalue weighted by Crippen LogP contribution is 2.38. The number of hydrogen-bond donors (Lipinski definition) is 0. The smallest absolute Gasteiger partial charge is 0.309 e. The van der Waals surface area contributed by atoms with Gasteiger partial charge in [-0.2, -0.15) is 0 Å². The van der Waals surface area contributed by atoms with E-state index in [0.29, 0.717) is 45.1 Å². The SMILES string of the molecule is CCOC(=O)C1CCC(CCC(=O)C(C)CCC(=O)C(C)C)CC1C(=O)OCC. The molecule has 1 fully saturated rings. The summed E-state index contributed by atoms with van der Waals surface area (Å²) in [6.45, 7) is 9.71. The Morgan fingerprint density at radius 1 is 0.828 bits per heavy atom. The van der Waals surface area contributed by atoms with Crippen LogP contribution in [0, 0.1) is 29.6 Å². The lowest BCUT2D eigenvalue weighted by molar-refractivity contribution is -0.163. The first-order chi connectivity index (χ1) is 13.7. The molecule has 0 aliphatic heterocycles. The zero-order valence-electron chi connectivity index (χ0n) is 18.7. The van der Waals surface area contributed by atoms with Crippen molar-refractivity contribution >= 4 is 23.5 Å². The lowest BCUT2D eigenvalue weighted by atomic mass is 9.72. The van der Waals surface area contributed by atoms with Gasteiger partial charge in [0, 0.05) is 24.7 Å². The molecule has 0 bridgehead atoms. The topological polar surface area (TPSA) is 86.7 Å². The summed E-state index contributed by atoms with van der Waals surface area (Å²) in [6, 6.07) is 0. The van der Waals surface area contributed by atoms with E-state index >= 15 is 0 Å². The van der Waals surface area contributed by atoms with Crippen molar-refractivity contribution in [1.29, 1.82) is 0 Å². The van der Waals surface area contributed by atoms with E-state index in [1.165, 1.54) is 0 Å². The highest BCUT2D eigenvalue weighted by Gasteiger charge is 2.41. The summed E-state index contributed by atoms with van der Waals surface area (Å²) in [6.07, 6.45) is 4.12. The summed E-state index contributed by atoms with van der Waals surface area (Å²) in [5.41, 5.74) is 0. The van der Waals surface area contributed by atoms with E-state index in [0.717, 1.165) is 6.42 Å². The van der Waals surface area contributed by atoms with Gasteiger partial charge in [0.15, 0.2) is 0 Å². The van der Waals surface area contributed by atoms with E-state index in [1.54, 1.807) is 13.8 Å². The van der Waals surface area contributed by atoms with Crippen LogP contribution in [0.25, 0.3) is 0 Å². The second-order valence-electron chi connectivity index (χ2n) is 8.46. The summed E-state index contributed by atoms with van der Waals surface area (Å²) in [7, 11) is 0. The van der Waals surface area contributed by atoms with Crippen molar-refractivity contribution in [3.63, 3.8) is 0 Å². The molecule has 4 atom stereocenters. The molecule has 0 spiro atoms. The number of hydrogen-bond acceptors (Lipinski definition) is 6. The normalized spacial score (nSPS) is 22.8. The average molecular weight is 411 g/mol. The maximum atomic E-state index is 12.5. The Bertz CT molecular complexity index is 568. The first-order valence-corrected chi connectivity index (χ1v) is 11.1. The second-order valence-corrected chi connectivity index (χ2v) is 8.46. The lowest BCUT2D eigenvalue weighted by Crippen LogP contribution is -2.37. The molecule has 0 aromatic carbocycles. The van der Waals surface area contributed by atoms with E-state index < -0.39 is 11.8 Å². The van der Waals surface area contributed by atoms with Gasteiger partial charge in [-0.05, 0) is 51.9 Å². The van der Waals surface area contributed by atoms with Crippen molar-refractivity contribution in [2.75, 3.05) is 13.2 Å². The summed E-state index contributed by atoms with van der Waals surface area (Å²) < 4.78 is 10.3. The predicted molar refractivity (Wildman–Crippen MR) is 110 cm³/mol. The van der Waals surface area contributed by atoms with Crippen LogP contribution in [0.1, 0.15) is 79.6 Å². The minimum Gasteiger partial charge on any atom is -0.466 e. The number of esters is 2. The Hall–Kier alpha value is -1.72. The monoisotopic (exact) mass is 410 g/mol. The third kappa shape index (κ3) is 8.27. The van der Waals surface area contributed by atoms with Crippen LogP contribution >= 0.6 is 0 Å². The Kier molecular flexibility index (Phi) is 11.1. The van der Waals surface area contributed by atoms with Crippen LogP contribution in [0.15, 0.2) is 0 Å². The third-order valence-electron chi connectivity index (χ3n) is 5.95. The van der Waals surface area contributed by atoms with E-state index in [-0.39, 0.29) is 47.9 Å². The van der Waals surface area contributed by atoms with Gasteiger partial charge in [-0.15, -0.1) is 0 Å². The largest absolute Gasteiger partial charge is 0.466 e. The first kappa shape index (κ1) is 25.3. The molecule has 6 heteroatoms. The van der Waals surface area contributed by atoms with Crippen molar-refractivity contribution in [3.05, 3.63) is 0 Å². The molecule has 0 N–H and O–H groups in total. The van der Waals surface area contributed by atoms with Crippen LogP contribution in [0.5, 0.6) is 0 Å². The molecule has 0 radical (unpaired) electrons. The maximum Gasteiger partial charge on any atom is 0.309 e. The second kappa shape index (κ2) is 12.8. The molecule has 29 heavy (non-hydrogen) atoms. The molecule has 1 aliphatic rings. The molecule has 0 amide bonds. The molecule has 0 heterocycles. The molecule has 166 valence electrons. The highest BCUT2D eigenvalue weighted by atomic mass is 16.5. The van der Waals surface area contributed by atoms with Gasteiger partial charge in [-0.1, -0.05) is 20.8 Å². The van der Waals surface area contributed by atoms with E-state index in [2.05, 4.69) is 0 Å². The van der Waals surface area contributed by atoms with Gasteiger partial charge < -0.3 is 9.47 Å². The highest BCUT2D eigenvalue weighted by molar-refractivity contribution is 5.84. The summed E-state index contributed by atoms with van der Waals surface area (Å²) >= 11 is 0. The number of ketones is 2. The molecule has 0 saturated heterocycles. The molecule has 4 unspecified atom stereocenters. The Morgan fingerprint density at radius 3 is 1.97 bits per heavy atom. The van der Waals surface area contributed by atoms with Gasteiger partial charge in [0.25, 0.3) is 0 Å². The summed E-state index contributed by atoms with van der Waals surface area (Å²) in [4.78, 5) is 48.9. The third-order valence-corrected chi connectivity index (χ3v) is 5.95. The lowest BCUT2D eigenvalue weighted by Gasteiger charge is -2.33. The van der Waals surface area contributed by atoms with Crippen LogP contribution in [-0.2, 0) is 28.7 Å². The van der Waals surface area contributed by atoms with Crippen LogP contribution < -0.4 is 0 Å². The molecule has 0 aromatic heterocycles. The van der Waals surface area contributed by atoms with Crippen molar-refractivity contribution in [2.24, 2.45) is 29.6 Å². The van der Waals surface area contributed by atoms with Gasteiger partial charge in [-0.25, -0.2) is 0 Å². The molecule has 1 rings (SSSR count). The fraction of sp³-hybridized carbons (Fsp3) is 0.826. The maximum absolute atomic E-state index is 12.5. The van der Waals surface area contributed by atoms with Crippen LogP contribution in [0.3, 0.4) is 0 Å². The molecule has 6 nitrogen and oxygen atoms in total. The van der Waals surface area contributed by atoms with Gasteiger partial charge in [0.2, 0.25) is 0 Å². The zero-order chi connectivity index (χ0) is 22.0. The van der Waals surface area contributed by atoms with Gasteiger partial charge in [-0.3, -0.25) is 19.2 Å². The molecular formula is C23H38O6. The minimum atomic E-state index is -0.496. The predicted octanol–water partition coefficient (Wildman–Crippen LogP) is 4.14. The fourth-order valence-corrected chi connectivity index (χ4v) is 3.96. The Balaban J connectivity index is 2.58. The van der Waals surface area contributed by atoms with E-state index in [4.69, 9.17) is 9.47 Å². The van der Waals surface area contributed by atoms with Crippen LogP contribution in [0.4, 0.5) is 0 Å². The summed E-state index contributed by atoms with van der Waals surface area (Å²) in [5.74, 6) is -1.18. The average Bonchev–Trinajstić information content (AvgIpc) is 2.69. The zero-order valence-corrected chi connectivity index (χ0v) is 18.7. The fourth-order valence-electron chi connectivity index (χ4n) is 3.96. The van der Waals surface area contributed by atoms with Gasteiger partial charge in [0.1, 0.15) is 11.6 Å². The number of ether oxygens (including phenoxy) is 2. The molecule has 1 saturated carbocycles. The van der Waals surface area contributed by atoms with Crippen LogP contribution in [-0.4, -0.2) is 36.7 Å². The first-order valence-electron chi connectivity index (χ1n) is 11.1. The van der Waals surface area contributed by atoms with Gasteiger partial charge >= 0.3 is 11.9 Å². The van der Waals surface area contributed by atoms with Crippen molar-refractivity contribution in [2.45, 2.75) is 79.6 Å². The van der Waals surface area contributed by atoms with Crippen molar-refractivity contribution in [3.8, 4) is 0 Å². The number of carbonyl (C=O) groups excluding carboxylic acids is 4. The van der Waals surface area contributed by atoms with Gasteiger partial charge in [0.05, 0.1) is 25.0 Å². The molecular weight excluding hydrogens is 372 g/mol. The van der Waals surface area contributed by atoms with E-state index in [9.17, 15) is 19.2 Å². The number of Topliss-reactive ketones (excluding diaryl/α,β-unsaturated/α-hetero) is 2. The minimum absolute atomic E-state index is 0.00620. The van der Waals surface area contributed by atoms with Crippen molar-refractivity contribution in [1.82, 2.24) is 0 Å². The molecule has 1 aliphatic carbocycles. The standard InChI is InChI=1S/C23H38O6/c1-6-28-22(26)18-11-9-17(14-19(18)23(27)29-7-2)10-13-21(25)16(5)8-12-20(24)15(3)4/h15-19H,6-14H2,1-5H3. The summed E-state index contributed by atoms with van der Waals surface area (Å²) in [5, 5.41) is 0. The quantitative estimate of drug-likeness (QED) is 0.450. The number of carbonyl (C=O) groups is 4. The van der Waals surface area contributed by atoms with E-state index in [1.807, 2.05) is 20.8 Å². The Morgan fingerprint density at radius 2 is 1.41 bits per heavy atom. The van der Waals surface area contributed by atoms with Crippen molar-refractivity contribution < 1.29 is 28.7 Å².